The zero-order valence-corrected chi connectivity index (χ0v) is 13.0. The number of amides is 1. The van der Waals surface area contributed by atoms with Gasteiger partial charge in [0.25, 0.3) is 5.91 Å². The van der Waals surface area contributed by atoms with Crippen LogP contribution in [0.2, 0.25) is 0 Å². The van der Waals surface area contributed by atoms with Gasteiger partial charge in [0, 0.05) is 30.3 Å². The molecule has 0 aliphatic carbocycles. The van der Waals surface area contributed by atoms with Gasteiger partial charge in [-0.05, 0) is 44.1 Å². The maximum Gasteiger partial charge on any atom is 0.255 e. The number of halogens is 1. The van der Waals surface area contributed by atoms with Crippen LogP contribution in [0.15, 0.2) is 22.7 Å². The second-order valence-corrected chi connectivity index (χ2v) is 6.25. The van der Waals surface area contributed by atoms with Crippen LogP contribution in [0.25, 0.3) is 0 Å². The van der Waals surface area contributed by atoms with Crippen molar-refractivity contribution < 1.29 is 4.79 Å². The molecule has 1 aromatic carbocycles. The van der Waals surface area contributed by atoms with Crippen LogP contribution < -0.4 is 5.73 Å². The number of hydrogen-bond donors (Lipinski definition) is 1. The maximum atomic E-state index is 12.4. The highest BCUT2D eigenvalue weighted by Crippen LogP contribution is 2.21. The van der Waals surface area contributed by atoms with Crippen molar-refractivity contribution in [1.29, 1.82) is 0 Å². The summed E-state index contributed by atoms with van der Waals surface area (Å²) in [5, 5.41) is 0. The number of rotatable bonds is 3. The summed E-state index contributed by atoms with van der Waals surface area (Å²) in [5.74, 6) is 0.556. The van der Waals surface area contributed by atoms with Crippen LogP contribution in [-0.2, 0) is 0 Å². The van der Waals surface area contributed by atoms with E-state index in [1.165, 1.54) is 0 Å². The molecule has 1 amide bonds. The summed E-state index contributed by atoms with van der Waals surface area (Å²) >= 11 is 3.38. The van der Waals surface area contributed by atoms with E-state index in [0.717, 1.165) is 30.5 Å². The highest BCUT2D eigenvalue weighted by Gasteiger charge is 2.23. The Kier molecular flexibility index (Phi) is 4.47. The van der Waals surface area contributed by atoms with Gasteiger partial charge in [0.15, 0.2) is 0 Å². The van der Waals surface area contributed by atoms with E-state index in [9.17, 15) is 4.79 Å². The van der Waals surface area contributed by atoms with E-state index in [0.29, 0.717) is 17.2 Å². The van der Waals surface area contributed by atoms with E-state index in [2.05, 4.69) is 27.9 Å². The van der Waals surface area contributed by atoms with Crippen LogP contribution in [0, 0.1) is 5.92 Å². The SMILES string of the molecule is CN1CCC(CN(C)C(=O)c2cc(Br)ccc2N)C1. The minimum atomic E-state index is -0.00615. The first-order valence-electron chi connectivity index (χ1n) is 6.46. The van der Waals surface area contributed by atoms with Crippen LogP contribution in [0.5, 0.6) is 0 Å². The largest absolute Gasteiger partial charge is 0.398 e. The maximum absolute atomic E-state index is 12.4. The molecule has 0 bridgehead atoms. The standard InChI is InChI=1S/C14H20BrN3O/c1-17-6-5-10(8-17)9-18(2)14(19)12-7-11(15)3-4-13(12)16/h3-4,7,10H,5-6,8-9,16H2,1-2H3. The Bertz CT molecular complexity index is 478. The topological polar surface area (TPSA) is 49.6 Å². The minimum absolute atomic E-state index is 0.00615. The average molecular weight is 326 g/mol. The van der Waals surface area contributed by atoms with Crippen LogP contribution in [0.4, 0.5) is 5.69 Å². The van der Waals surface area contributed by atoms with Crippen molar-refractivity contribution >= 4 is 27.5 Å². The molecule has 1 fully saturated rings. The number of anilines is 1. The van der Waals surface area contributed by atoms with Crippen molar-refractivity contribution in [2.24, 2.45) is 5.92 Å². The van der Waals surface area contributed by atoms with Crippen LogP contribution in [-0.4, -0.2) is 49.4 Å². The molecule has 0 radical (unpaired) electrons. The molecule has 2 N–H and O–H groups in total. The highest BCUT2D eigenvalue weighted by molar-refractivity contribution is 9.10. The Morgan fingerprint density at radius 1 is 1.58 bits per heavy atom. The molecule has 1 aliphatic rings. The number of hydrogen-bond acceptors (Lipinski definition) is 3. The van der Waals surface area contributed by atoms with Crippen LogP contribution in [0.3, 0.4) is 0 Å². The van der Waals surface area contributed by atoms with Gasteiger partial charge in [-0.25, -0.2) is 0 Å². The Morgan fingerprint density at radius 3 is 2.95 bits per heavy atom. The molecular weight excluding hydrogens is 306 g/mol. The Labute approximate surface area is 122 Å². The average Bonchev–Trinajstić information content (AvgIpc) is 2.77. The second-order valence-electron chi connectivity index (χ2n) is 5.33. The number of benzene rings is 1. The molecule has 1 saturated heterocycles. The van der Waals surface area contributed by atoms with Gasteiger partial charge < -0.3 is 15.5 Å². The smallest absolute Gasteiger partial charge is 0.255 e. The van der Waals surface area contributed by atoms with Gasteiger partial charge in [-0.3, -0.25) is 4.79 Å². The lowest BCUT2D eigenvalue weighted by Crippen LogP contribution is -2.33. The van der Waals surface area contributed by atoms with Crippen molar-refractivity contribution in [3.05, 3.63) is 28.2 Å². The predicted molar refractivity (Wildman–Crippen MR) is 81.1 cm³/mol. The molecule has 1 aliphatic heterocycles. The lowest BCUT2D eigenvalue weighted by Gasteiger charge is -2.22. The summed E-state index contributed by atoms with van der Waals surface area (Å²) in [5.41, 5.74) is 6.99. The lowest BCUT2D eigenvalue weighted by molar-refractivity contribution is 0.0775. The quantitative estimate of drug-likeness (QED) is 0.865. The highest BCUT2D eigenvalue weighted by atomic mass is 79.9. The van der Waals surface area contributed by atoms with Crippen molar-refractivity contribution in [2.75, 3.05) is 39.5 Å². The molecule has 104 valence electrons. The van der Waals surface area contributed by atoms with Crippen LogP contribution >= 0.6 is 15.9 Å². The van der Waals surface area contributed by atoms with Crippen molar-refractivity contribution in [1.82, 2.24) is 9.80 Å². The van der Waals surface area contributed by atoms with Crippen molar-refractivity contribution in [3.63, 3.8) is 0 Å². The summed E-state index contributed by atoms with van der Waals surface area (Å²) in [6, 6.07) is 5.39. The van der Waals surface area contributed by atoms with Crippen molar-refractivity contribution in [2.45, 2.75) is 6.42 Å². The summed E-state index contributed by atoms with van der Waals surface area (Å²) < 4.78 is 0.874. The Hall–Kier alpha value is -1.07. The third kappa shape index (κ3) is 3.48. The molecule has 0 spiro atoms. The molecule has 0 saturated carbocycles. The van der Waals surface area contributed by atoms with Gasteiger partial charge in [0.2, 0.25) is 0 Å². The first kappa shape index (κ1) is 14.3. The Morgan fingerprint density at radius 2 is 2.32 bits per heavy atom. The molecule has 1 atom stereocenters. The third-order valence-corrected chi connectivity index (χ3v) is 4.11. The summed E-state index contributed by atoms with van der Waals surface area (Å²) in [7, 11) is 3.97. The monoisotopic (exact) mass is 325 g/mol. The number of nitrogens with two attached hydrogens (primary N) is 1. The minimum Gasteiger partial charge on any atom is -0.398 e. The van der Waals surface area contributed by atoms with E-state index in [4.69, 9.17) is 5.73 Å². The zero-order chi connectivity index (χ0) is 14.0. The molecule has 5 heteroatoms. The number of likely N-dealkylation sites (tertiary alicyclic amines) is 1. The van der Waals surface area contributed by atoms with Gasteiger partial charge in [-0.2, -0.15) is 0 Å². The fourth-order valence-electron chi connectivity index (χ4n) is 2.56. The number of nitrogens with zero attached hydrogens (tertiary/aromatic N) is 2. The number of carbonyl (C=O) groups excluding carboxylic acids is 1. The van der Waals surface area contributed by atoms with Gasteiger partial charge >= 0.3 is 0 Å². The van der Waals surface area contributed by atoms with Gasteiger partial charge in [-0.15, -0.1) is 0 Å². The third-order valence-electron chi connectivity index (χ3n) is 3.61. The summed E-state index contributed by atoms with van der Waals surface area (Å²) in [6.07, 6.45) is 1.15. The Balaban J connectivity index is 2.04. The fourth-order valence-corrected chi connectivity index (χ4v) is 2.93. The first-order valence-corrected chi connectivity index (χ1v) is 7.25. The van der Waals surface area contributed by atoms with E-state index >= 15 is 0 Å². The molecule has 19 heavy (non-hydrogen) atoms. The molecule has 1 unspecified atom stereocenters. The van der Waals surface area contributed by atoms with Gasteiger partial charge in [-0.1, -0.05) is 15.9 Å². The molecule has 4 nitrogen and oxygen atoms in total. The molecular formula is C14H20BrN3O. The first-order chi connectivity index (χ1) is 8.97. The summed E-state index contributed by atoms with van der Waals surface area (Å²) in [4.78, 5) is 16.5. The normalized spacial score (nSPS) is 19.6. The number of nitrogen functional groups attached to an aromatic ring is 1. The van der Waals surface area contributed by atoms with E-state index in [1.807, 2.05) is 13.1 Å². The number of carbonyl (C=O) groups is 1. The lowest BCUT2D eigenvalue weighted by atomic mass is 10.1. The van der Waals surface area contributed by atoms with Gasteiger partial charge in [0.05, 0.1) is 5.56 Å². The van der Waals surface area contributed by atoms with Gasteiger partial charge in [0.1, 0.15) is 0 Å². The zero-order valence-electron chi connectivity index (χ0n) is 11.4. The predicted octanol–water partition coefficient (Wildman–Crippen LogP) is 2.05. The van der Waals surface area contributed by atoms with E-state index < -0.39 is 0 Å². The molecule has 2 rings (SSSR count). The van der Waals surface area contributed by atoms with E-state index in [-0.39, 0.29) is 5.91 Å². The molecule has 1 heterocycles. The summed E-state index contributed by atoms with van der Waals surface area (Å²) in [6.45, 7) is 2.96. The fraction of sp³-hybridized carbons (Fsp3) is 0.500. The molecule has 1 aromatic rings. The van der Waals surface area contributed by atoms with E-state index in [1.54, 1.807) is 17.0 Å². The van der Waals surface area contributed by atoms with Crippen molar-refractivity contribution in [3.8, 4) is 0 Å². The molecule has 0 aromatic heterocycles. The second kappa shape index (κ2) is 5.92. The van der Waals surface area contributed by atoms with Crippen LogP contribution in [0.1, 0.15) is 16.8 Å².